The van der Waals surface area contributed by atoms with Crippen molar-refractivity contribution in [2.24, 2.45) is 7.05 Å². The Morgan fingerprint density at radius 3 is 2.80 bits per heavy atom. The molecule has 0 saturated heterocycles. The molecule has 0 aliphatic heterocycles. The van der Waals surface area contributed by atoms with Crippen LogP contribution < -0.4 is 5.32 Å². The standard InChI is InChI=1S/C15H23N5/c1-12-11-20(14-6-4-3-5-7-14)15(17-12)16-10-13-8-9-19(2)18-13/h8-9,11,14H,3-7,10H2,1-2H3,(H,16,17). The summed E-state index contributed by atoms with van der Waals surface area (Å²) in [6.07, 6.45) is 10.7. The topological polar surface area (TPSA) is 47.7 Å². The molecule has 0 spiro atoms. The van der Waals surface area contributed by atoms with E-state index < -0.39 is 0 Å². The Bertz CT molecular complexity index is 563. The van der Waals surface area contributed by atoms with E-state index in [2.05, 4.69) is 33.1 Å². The van der Waals surface area contributed by atoms with Crippen LogP contribution in [0.2, 0.25) is 0 Å². The second-order valence-electron chi connectivity index (χ2n) is 5.74. The minimum Gasteiger partial charge on any atom is -0.350 e. The smallest absolute Gasteiger partial charge is 0.203 e. The Kier molecular flexibility index (Phi) is 3.76. The molecule has 108 valence electrons. The lowest BCUT2D eigenvalue weighted by Crippen LogP contribution is -2.15. The molecule has 20 heavy (non-hydrogen) atoms. The van der Waals surface area contributed by atoms with Gasteiger partial charge in [0.05, 0.1) is 17.9 Å². The van der Waals surface area contributed by atoms with E-state index in [1.54, 1.807) is 0 Å². The molecule has 2 aromatic rings. The van der Waals surface area contributed by atoms with Gasteiger partial charge in [0.15, 0.2) is 0 Å². The van der Waals surface area contributed by atoms with Gasteiger partial charge in [0, 0.05) is 25.5 Å². The van der Waals surface area contributed by atoms with Gasteiger partial charge in [0.2, 0.25) is 5.95 Å². The number of imidazole rings is 1. The first-order valence-corrected chi connectivity index (χ1v) is 7.50. The van der Waals surface area contributed by atoms with Gasteiger partial charge in [-0.1, -0.05) is 19.3 Å². The summed E-state index contributed by atoms with van der Waals surface area (Å²) in [7, 11) is 1.94. The number of hydrogen-bond acceptors (Lipinski definition) is 3. The van der Waals surface area contributed by atoms with E-state index in [1.165, 1.54) is 32.1 Å². The highest BCUT2D eigenvalue weighted by atomic mass is 15.3. The summed E-state index contributed by atoms with van der Waals surface area (Å²) >= 11 is 0. The predicted molar refractivity (Wildman–Crippen MR) is 79.6 cm³/mol. The molecule has 0 unspecified atom stereocenters. The third-order valence-corrected chi connectivity index (χ3v) is 4.02. The van der Waals surface area contributed by atoms with E-state index in [9.17, 15) is 0 Å². The van der Waals surface area contributed by atoms with E-state index in [0.29, 0.717) is 6.04 Å². The third-order valence-electron chi connectivity index (χ3n) is 4.02. The molecule has 0 bridgehead atoms. The number of anilines is 1. The first kappa shape index (κ1) is 13.2. The van der Waals surface area contributed by atoms with Gasteiger partial charge in [0.1, 0.15) is 0 Å². The van der Waals surface area contributed by atoms with E-state index in [1.807, 2.05) is 24.0 Å². The molecular formula is C15H23N5. The molecule has 0 aromatic carbocycles. The zero-order valence-corrected chi connectivity index (χ0v) is 12.3. The van der Waals surface area contributed by atoms with Crippen molar-refractivity contribution >= 4 is 5.95 Å². The molecule has 3 rings (SSSR count). The van der Waals surface area contributed by atoms with Gasteiger partial charge in [-0.25, -0.2) is 4.98 Å². The van der Waals surface area contributed by atoms with Gasteiger partial charge in [-0.2, -0.15) is 5.10 Å². The number of aromatic nitrogens is 4. The van der Waals surface area contributed by atoms with Gasteiger partial charge >= 0.3 is 0 Å². The zero-order chi connectivity index (χ0) is 13.9. The van der Waals surface area contributed by atoms with Crippen molar-refractivity contribution in [1.29, 1.82) is 0 Å². The van der Waals surface area contributed by atoms with Crippen LogP contribution in [-0.4, -0.2) is 19.3 Å². The number of nitrogens with zero attached hydrogens (tertiary/aromatic N) is 4. The monoisotopic (exact) mass is 273 g/mol. The molecule has 2 heterocycles. The summed E-state index contributed by atoms with van der Waals surface area (Å²) in [5.41, 5.74) is 2.13. The van der Waals surface area contributed by atoms with E-state index in [-0.39, 0.29) is 0 Å². The largest absolute Gasteiger partial charge is 0.350 e. The highest BCUT2D eigenvalue weighted by Crippen LogP contribution is 2.30. The van der Waals surface area contributed by atoms with Crippen molar-refractivity contribution in [3.8, 4) is 0 Å². The van der Waals surface area contributed by atoms with Crippen molar-refractivity contribution < 1.29 is 0 Å². The minimum atomic E-state index is 0.608. The van der Waals surface area contributed by atoms with Crippen LogP contribution in [0, 0.1) is 6.92 Å². The average Bonchev–Trinajstić information content (AvgIpc) is 3.03. The Morgan fingerprint density at radius 2 is 2.10 bits per heavy atom. The van der Waals surface area contributed by atoms with Crippen LogP contribution in [0.3, 0.4) is 0 Å². The molecule has 1 fully saturated rings. The molecule has 1 saturated carbocycles. The van der Waals surface area contributed by atoms with E-state index in [4.69, 9.17) is 0 Å². The van der Waals surface area contributed by atoms with Gasteiger partial charge in [0.25, 0.3) is 0 Å². The summed E-state index contributed by atoms with van der Waals surface area (Å²) in [5, 5.41) is 7.83. The first-order valence-electron chi connectivity index (χ1n) is 7.50. The van der Waals surface area contributed by atoms with Crippen molar-refractivity contribution in [2.75, 3.05) is 5.32 Å². The summed E-state index contributed by atoms with van der Waals surface area (Å²) in [5.74, 6) is 0.986. The van der Waals surface area contributed by atoms with Crippen LogP contribution >= 0.6 is 0 Å². The summed E-state index contributed by atoms with van der Waals surface area (Å²) < 4.78 is 4.16. The van der Waals surface area contributed by atoms with Crippen LogP contribution in [0.5, 0.6) is 0 Å². The number of aryl methyl sites for hydroxylation is 2. The number of nitrogens with one attached hydrogen (secondary N) is 1. The van der Waals surface area contributed by atoms with Gasteiger partial charge in [-0.15, -0.1) is 0 Å². The molecule has 0 atom stereocenters. The molecule has 1 aliphatic carbocycles. The number of hydrogen-bond donors (Lipinski definition) is 1. The zero-order valence-electron chi connectivity index (χ0n) is 12.3. The van der Waals surface area contributed by atoms with Crippen LogP contribution in [-0.2, 0) is 13.6 Å². The molecule has 1 aliphatic rings. The van der Waals surface area contributed by atoms with E-state index in [0.717, 1.165) is 23.9 Å². The molecule has 0 amide bonds. The fraction of sp³-hybridized carbons (Fsp3) is 0.600. The minimum absolute atomic E-state index is 0.608. The second kappa shape index (κ2) is 5.69. The lowest BCUT2D eigenvalue weighted by atomic mass is 9.95. The second-order valence-corrected chi connectivity index (χ2v) is 5.74. The lowest BCUT2D eigenvalue weighted by Gasteiger charge is -2.24. The molecular weight excluding hydrogens is 250 g/mol. The van der Waals surface area contributed by atoms with Gasteiger partial charge in [-0.3, -0.25) is 4.68 Å². The van der Waals surface area contributed by atoms with Crippen molar-refractivity contribution in [3.05, 3.63) is 29.8 Å². The highest BCUT2D eigenvalue weighted by molar-refractivity contribution is 5.30. The Labute approximate surface area is 120 Å². The van der Waals surface area contributed by atoms with Crippen molar-refractivity contribution in [3.63, 3.8) is 0 Å². The van der Waals surface area contributed by atoms with Crippen LogP contribution in [0.15, 0.2) is 18.5 Å². The average molecular weight is 273 g/mol. The predicted octanol–water partition coefficient (Wildman–Crippen LogP) is 3.04. The SMILES string of the molecule is Cc1cn(C2CCCCC2)c(NCc2ccn(C)n2)n1. The van der Waals surface area contributed by atoms with Crippen molar-refractivity contribution in [2.45, 2.75) is 51.6 Å². The molecule has 2 aromatic heterocycles. The van der Waals surface area contributed by atoms with Crippen LogP contribution in [0.4, 0.5) is 5.95 Å². The molecule has 5 nitrogen and oxygen atoms in total. The fourth-order valence-corrected chi connectivity index (χ4v) is 3.01. The maximum Gasteiger partial charge on any atom is 0.203 e. The maximum atomic E-state index is 4.62. The third kappa shape index (κ3) is 2.86. The van der Waals surface area contributed by atoms with E-state index >= 15 is 0 Å². The molecule has 5 heteroatoms. The Morgan fingerprint density at radius 1 is 1.30 bits per heavy atom. The van der Waals surface area contributed by atoms with Crippen molar-refractivity contribution in [1.82, 2.24) is 19.3 Å². The number of rotatable bonds is 4. The normalized spacial score (nSPS) is 16.5. The van der Waals surface area contributed by atoms with Gasteiger partial charge < -0.3 is 9.88 Å². The maximum absolute atomic E-state index is 4.62. The summed E-state index contributed by atoms with van der Waals surface area (Å²) in [6, 6.07) is 2.64. The Hall–Kier alpha value is -1.78. The highest BCUT2D eigenvalue weighted by Gasteiger charge is 2.18. The first-order chi connectivity index (χ1) is 9.72. The summed E-state index contributed by atoms with van der Waals surface area (Å²) in [6.45, 7) is 2.79. The fourth-order valence-electron chi connectivity index (χ4n) is 3.01. The molecule has 1 N–H and O–H groups in total. The molecule has 0 radical (unpaired) electrons. The van der Waals surface area contributed by atoms with Gasteiger partial charge in [-0.05, 0) is 25.8 Å². The van der Waals surface area contributed by atoms with Crippen LogP contribution in [0.1, 0.15) is 49.5 Å². The van der Waals surface area contributed by atoms with Crippen LogP contribution in [0.25, 0.3) is 0 Å². The summed E-state index contributed by atoms with van der Waals surface area (Å²) in [4.78, 5) is 4.62. The lowest BCUT2D eigenvalue weighted by molar-refractivity contribution is 0.355. The quantitative estimate of drug-likeness (QED) is 0.931. The Balaban J connectivity index is 1.71.